The summed E-state index contributed by atoms with van der Waals surface area (Å²) in [4.78, 5) is 71.1. The molecule has 34 heavy (non-hydrogen) atoms. The molecule has 1 rings (SSSR count). The highest BCUT2D eigenvalue weighted by molar-refractivity contribution is 5.81. The summed E-state index contributed by atoms with van der Waals surface area (Å²) in [7, 11) is 0.993. The van der Waals surface area contributed by atoms with Crippen molar-refractivity contribution in [3.05, 3.63) is 0 Å². The molecule has 0 aromatic carbocycles. The molecule has 1 saturated heterocycles. The van der Waals surface area contributed by atoms with E-state index in [1.807, 2.05) is 0 Å². The Morgan fingerprint density at radius 1 is 0.912 bits per heavy atom. The van der Waals surface area contributed by atoms with E-state index < -0.39 is 85.1 Å². The van der Waals surface area contributed by atoms with Gasteiger partial charge in [0.1, 0.15) is 18.8 Å². The number of hydrogen-bond donors (Lipinski definition) is 1. The minimum absolute atomic E-state index is 0.550. The molecule has 6 atom stereocenters. The first kappa shape index (κ1) is 28.8. The van der Waals surface area contributed by atoms with Gasteiger partial charge in [0, 0.05) is 34.6 Å². The van der Waals surface area contributed by atoms with Crippen molar-refractivity contribution >= 4 is 35.8 Å². The number of rotatable bonds is 9. The topological polar surface area (TPSA) is 193 Å². The molecule has 0 saturated carbocycles. The van der Waals surface area contributed by atoms with Crippen molar-refractivity contribution in [2.75, 3.05) is 13.7 Å². The van der Waals surface area contributed by atoms with E-state index >= 15 is 0 Å². The van der Waals surface area contributed by atoms with Gasteiger partial charge in [-0.2, -0.15) is 0 Å². The second-order valence-corrected chi connectivity index (χ2v) is 7.37. The number of hydrogen-bond acceptors (Lipinski definition) is 14. The lowest BCUT2D eigenvalue weighted by atomic mass is 9.88. The molecule has 192 valence electrons. The van der Waals surface area contributed by atoms with Gasteiger partial charge in [-0.15, -0.1) is 0 Å². The summed E-state index contributed by atoms with van der Waals surface area (Å²) in [6.07, 6.45) is -6.51. The lowest BCUT2D eigenvalue weighted by molar-refractivity contribution is -0.302. The molecule has 1 aliphatic rings. The fraction of sp³-hybridized carbons (Fsp3) is 0.700. The molecule has 0 bridgehead atoms. The van der Waals surface area contributed by atoms with Gasteiger partial charge in [-0.3, -0.25) is 24.0 Å². The largest absolute Gasteiger partial charge is 0.464 e. The maximum atomic E-state index is 12.6. The minimum atomic E-state index is -2.46. The molecule has 14 heteroatoms. The summed E-state index contributed by atoms with van der Waals surface area (Å²) in [5.41, 5.74) is 6.23. The van der Waals surface area contributed by atoms with Crippen LogP contribution in [0.15, 0.2) is 0 Å². The second-order valence-electron chi connectivity index (χ2n) is 7.37. The Morgan fingerprint density at radius 3 is 1.94 bits per heavy atom. The van der Waals surface area contributed by atoms with Crippen LogP contribution in [0.5, 0.6) is 0 Å². The second kappa shape index (κ2) is 12.3. The first-order valence-corrected chi connectivity index (χ1v) is 10.1. The summed E-state index contributed by atoms with van der Waals surface area (Å²) in [6.45, 7) is 4.65. The number of methoxy groups -OCH3 is 1. The number of carbonyl (C=O) groups is 6. The Balaban J connectivity index is 3.61. The summed E-state index contributed by atoms with van der Waals surface area (Å²) < 4.78 is 36.1. The Hall–Kier alpha value is -3.26. The third-order valence-corrected chi connectivity index (χ3v) is 4.49. The molecule has 0 aliphatic carbocycles. The maximum Gasteiger partial charge on any atom is 0.379 e. The van der Waals surface area contributed by atoms with Crippen LogP contribution in [0, 0.1) is 0 Å². The smallest absolute Gasteiger partial charge is 0.379 e. The Kier molecular flexibility index (Phi) is 10.4. The van der Waals surface area contributed by atoms with Gasteiger partial charge in [-0.05, 0) is 0 Å². The molecule has 0 aromatic heterocycles. The Bertz CT molecular complexity index is 812. The van der Waals surface area contributed by atoms with Gasteiger partial charge in [-0.25, -0.2) is 4.79 Å². The van der Waals surface area contributed by atoms with Gasteiger partial charge >= 0.3 is 41.6 Å². The van der Waals surface area contributed by atoms with Crippen molar-refractivity contribution in [3.63, 3.8) is 0 Å². The van der Waals surface area contributed by atoms with Crippen LogP contribution in [0.2, 0.25) is 0 Å². The number of esters is 6. The van der Waals surface area contributed by atoms with Crippen molar-refractivity contribution in [1.82, 2.24) is 0 Å². The third-order valence-electron chi connectivity index (χ3n) is 4.49. The lowest BCUT2D eigenvalue weighted by Crippen LogP contribution is -2.68. The van der Waals surface area contributed by atoms with Crippen LogP contribution >= 0.6 is 0 Å². The van der Waals surface area contributed by atoms with E-state index in [2.05, 4.69) is 0 Å². The summed E-state index contributed by atoms with van der Waals surface area (Å²) in [6, 6.07) is -1.29. The van der Waals surface area contributed by atoms with Crippen LogP contribution < -0.4 is 5.73 Å². The first-order chi connectivity index (χ1) is 15.7. The van der Waals surface area contributed by atoms with Gasteiger partial charge in [0.15, 0.2) is 12.2 Å². The fourth-order valence-corrected chi connectivity index (χ4v) is 3.36. The van der Waals surface area contributed by atoms with Crippen molar-refractivity contribution in [2.24, 2.45) is 5.73 Å². The lowest BCUT2D eigenvalue weighted by Gasteiger charge is -2.46. The molecule has 1 heterocycles. The van der Waals surface area contributed by atoms with Gasteiger partial charge in [0.2, 0.25) is 0 Å². The summed E-state index contributed by atoms with van der Waals surface area (Å²) in [5.74, 6) is -7.84. The molecule has 1 unspecified atom stereocenters. The van der Waals surface area contributed by atoms with Crippen LogP contribution in [0.25, 0.3) is 0 Å². The average molecular weight is 491 g/mol. The van der Waals surface area contributed by atoms with Crippen LogP contribution in [-0.4, -0.2) is 85.8 Å². The van der Waals surface area contributed by atoms with Crippen molar-refractivity contribution in [1.29, 1.82) is 0 Å². The molecule has 0 aromatic rings. The molecular weight excluding hydrogens is 462 g/mol. The average Bonchev–Trinajstić information content (AvgIpc) is 2.69. The molecule has 2 N–H and O–H groups in total. The van der Waals surface area contributed by atoms with Gasteiger partial charge in [0.05, 0.1) is 19.6 Å². The van der Waals surface area contributed by atoms with E-state index in [1.165, 1.54) is 0 Å². The highest BCUT2D eigenvalue weighted by atomic mass is 16.8. The predicted octanol–water partition coefficient (Wildman–Crippen LogP) is -1.11. The first-order valence-electron chi connectivity index (χ1n) is 10.1. The molecule has 0 radical (unpaired) electrons. The van der Waals surface area contributed by atoms with Gasteiger partial charge in [0.25, 0.3) is 0 Å². The molecule has 1 fully saturated rings. The summed E-state index contributed by atoms with van der Waals surface area (Å²) in [5, 5.41) is 0. The molecule has 1 aliphatic heterocycles. The van der Waals surface area contributed by atoms with E-state index in [0.29, 0.717) is 0 Å². The number of nitrogens with two attached hydrogens (primary N) is 1. The maximum absolute atomic E-state index is 12.6. The zero-order chi connectivity index (χ0) is 26.2. The van der Waals surface area contributed by atoms with Gasteiger partial charge < -0.3 is 38.9 Å². The van der Waals surface area contributed by atoms with E-state index in [-0.39, 0.29) is 0 Å². The van der Waals surface area contributed by atoms with Crippen LogP contribution in [0.1, 0.15) is 41.0 Å². The molecule has 14 nitrogen and oxygen atoms in total. The van der Waals surface area contributed by atoms with Crippen LogP contribution in [0.4, 0.5) is 0 Å². The fourth-order valence-electron chi connectivity index (χ4n) is 3.36. The standard InChI is InChI=1S/C20H29NO13/c1-9(22)29-8-15(31-11(3)24)17(32-12(4)25)18-16(21)14(30-10(2)23)7-20(34-18,19(27)28-6)33-13(5)26/h14-18H,7-8,21H2,1-6H3/t14-,15+,16+,17-,18+,20?/m0/s1. The SMILES string of the molecule is COC(=O)C1(OC(C)=O)C[C@H](OC(C)=O)[C@@H](N)[C@H]([C@@H](OC(C)=O)[C@@H](COC(C)=O)OC(C)=O)O1. The zero-order valence-corrected chi connectivity index (χ0v) is 19.7. The summed E-state index contributed by atoms with van der Waals surface area (Å²) >= 11 is 0. The zero-order valence-electron chi connectivity index (χ0n) is 19.7. The predicted molar refractivity (Wildman–Crippen MR) is 107 cm³/mol. The quantitative estimate of drug-likeness (QED) is 0.301. The Morgan fingerprint density at radius 2 is 1.50 bits per heavy atom. The van der Waals surface area contributed by atoms with E-state index in [0.717, 1.165) is 41.7 Å². The molecular formula is C20H29NO13. The van der Waals surface area contributed by atoms with Gasteiger partial charge in [-0.1, -0.05) is 0 Å². The number of carbonyl (C=O) groups excluding carboxylic acids is 6. The molecule has 0 spiro atoms. The van der Waals surface area contributed by atoms with E-state index in [1.54, 1.807) is 0 Å². The van der Waals surface area contributed by atoms with Crippen molar-refractivity contribution < 1.29 is 61.9 Å². The minimum Gasteiger partial charge on any atom is -0.464 e. The highest BCUT2D eigenvalue weighted by Crippen LogP contribution is 2.36. The monoisotopic (exact) mass is 491 g/mol. The molecule has 0 amide bonds. The van der Waals surface area contributed by atoms with E-state index in [4.69, 9.17) is 38.9 Å². The van der Waals surface area contributed by atoms with Crippen molar-refractivity contribution in [2.45, 2.75) is 77.3 Å². The van der Waals surface area contributed by atoms with Crippen molar-refractivity contribution in [3.8, 4) is 0 Å². The van der Waals surface area contributed by atoms with Crippen LogP contribution in [-0.2, 0) is 61.9 Å². The normalized spacial score (nSPS) is 25.7. The third kappa shape index (κ3) is 7.95. The number of ether oxygens (including phenoxy) is 7. The Labute approximate surface area is 195 Å². The highest BCUT2D eigenvalue weighted by Gasteiger charge is 2.59. The van der Waals surface area contributed by atoms with E-state index in [9.17, 15) is 28.8 Å². The van der Waals surface area contributed by atoms with Crippen LogP contribution in [0.3, 0.4) is 0 Å².